The SMILES string of the molecule is O=C(NCC1CCN(Cc2cccnc2)CC1)C(=O)NC1CCCCCC1. The largest absolute Gasteiger partial charge is 0.348 e. The topological polar surface area (TPSA) is 74.3 Å². The Labute approximate surface area is 162 Å². The van der Waals surface area contributed by atoms with E-state index in [9.17, 15) is 9.59 Å². The molecule has 148 valence electrons. The predicted molar refractivity (Wildman–Crippen MR) is 105 cm³/mol. The Balaban J connectivity index is 1.33. The molecule has 2 aliphatic rings. The molecule has 2 fully saturated rings. The van der Waals surface area contributed by atoms with Gasteiger partial charge in [-0.3, -0.25) is 19.5 Å². The molecule has 1 aromatic heterocycles. The van der Waals surface area contributed by atoms with Crippen LogP contribution >= 0.6 is 0 Å². The number of carbonyl (C=O) groups is 2. The summed E-state index contributed by atoms with van der Waals surface area (Å²) < 4.78 is 0. The number of likely N-dealkylation sites (tertiary alicyclic amines) is 1. The Kier molecular flexibility index (Phi) is 7.63. The number of nitrogens with one attached hydrogen (secondary N) is 2. The fourth-order valence-electron chi connectivity index (χ4n) is 4.09. The molecule has 1 aliphatic heterocycles. The number of piperidine rings is 1. The van der Waals surface area contributed by atoms with Gasteiger partial charge >= 0.3 is 11.8 Å². The number of rotatable bonds is 5. The first-order chi connectivity index (χ1) is 13.2. The van der Waals surface area contributed by atoms with E-state index in [2.05, 4.69) is 26.6 Å². The highest BCUT2D eigenvalue weighted by atomic mass is 16.2. The van der Waals surface area contributed by atoms with Gasteiger partial charge in [0.05, 0.1) is 0 Å². The average molecular weight is 373 g/mol. The molecule has 0 radical (unpaired) electrons. The summed E-state index contributed by atoms with van der Waals surface area (Å²) in [6.07, 6.45) is 12.5. The zero-order valence-electron chi connectivity index (χ0n) is 16.2. The van der Waals surface area contributed by atoms with Crippen LogP contribution in [0.15, 0.2) is 24.5 Å². The monoisotopic (exact) mass is 372 g/mol. The lowest BCUT2D eigenvalue weighted by atomic mass is 9.96. The van der Waals surface area contributed by atoms with Crippen molar-refractivity contribution in [2.24, 2.45) is 5.92 Å². The average Bonchev–Trinajstić information content (AvgIpc) is 2.96. The second-order valence-electron chi connectivity index (χ2n) is 7.95. The van der Waals surface area contributed by atoms with Crippen molar-refractivity contribution in [1.82, 2.24) is 20.5 Å². The van der Waals surface area contributed by atoms with Crippen LogP contribution in [0, 0.1) is 5.92 Å². The van der Waals surface area contributed by atoms with Gasteiger partial charge in [0.15, 0.2) is 0 Å². The minimum atomic E-state index is -0.475. The molecule has 2 heterocycles. The van der Waals surface area contributed by atoms with Crippen LogP contribution in [-0.2, 0) is 16.1 Å². The van der Waals surface area contributed by atoms with Gasteiger partial charge in [-0.1, -0.05) is 31.7 Å². The van der Waals surface area contributed by atoms with Crippen molar-refractivity contribution >= 4 is 11.8 Å². The van der Waals surface area contributed by atoms with Crippen molar-refractivity contribution in [3.05, 3.63) is 30.1 Å². The van der Waals surface area contributed by atoms with E-state index in [1.54, 1.807) is 6.20 Å². The fraction of sp³-hybridized carbons (Fsp3) is 0.667. The third-order valence-electron chi connectivity index (χ3n) is 5.78. The van der Waals surface area contributed by atoms with Gasteiger partial charge in [-0.05, 0) is 56.3 Å². The third-order valence-corrected chi connectivity index (χ3v) is 5.78. The van der Waals surface area contributed by atoms with Crippen LogP contribution in [0.5, 0.6) is 0 Å². The molecule has 0 unspecified atom stereocenters. The van der Waals surface area contributed by atoms with Crippen molar-refractivity contribution in [2.75, 3.05) is 19.6 Å². The summed E-state index contributed by atoms with van der Waals surface area (Å²) in [6.45, 7) is 3.56. The third kappa shape index (κ3) is 6.61. The van der Waals surface area contributed by atoms with Crippen molar-refractivity contribution in [2.45, 2.75) is 64.0 Å². The summed E-state index contributed by atoms with van der Waals surface area (Å²) in [4.78, 5) is 30.8. The Morgan fingerprint density at radius 1 is 1.04 bits per heavy atom. The summed E-state index contributed by atoms with van der Waals surface area (Å²) in [6, 6.07) is 4.24. The number of hydrogen-bond acceptors (Lipinski definition) is 4. The van der Waals surface area contributed by atoms with Gasteiger partial charge in [-0.2, -0.15) is 0 Å². The van der Waals surface area contributed by atoms with Crippen LogP contribution in [-0.4, -0.2) is 47.4 Å². The number of amides is 2. The van der Waals surface area contributed by atoms with Crippen molar-refractivity contribution < 1.29 is 9.59 Å². The number of aromatic nitrogens is 1. The normalized spacial score (nSPS) is 20.0. The minimum Gasteiger partial charge on any atom is -0.348 e. The molecule has 0 atom stereocenters. The molecule has 0 aromatic carbocycles. The first-order valence-electron chi connectivity index (χ1n) is 10.4. The van der Waals surface area contributed by atoms with Crippen molar-refractivity contribution in [1.29, 1.82) is 0 Å². The molecule has 6 nitrogen and oxygen atoms in total. The summed E-state index contributed by atoms with van der Waals surface area (Å²) in [7, 11) is 0. The lowest BCUT2D eigenvalue weighted by Crippen LogP contribution is -2.46. The standard InChI is InChI=1S/C21H32N4O2/c26-20(21(27)24-19-7-3-1-2-4-8-19)23-15-17-9-12-25(13-10-17)16-18-6-5-11-22-14-18/h5-6,11,14,17,19H,1-4,7-10,12-13,15-16H2,(H,23,26)(H,24,27). The molecule has 1 aliphatic carbocycles. The maximum atomic E-state index is 12.1. The van der Waals surface area contributed by atoms with Crippen LogP contribution in [0.2, 0.25) is 0 Å². The first kappa shape index (κ1) is 19.8. The molecule has 2 N–H and O–H groups in total. The number of pyridine rings is 1. The Bertz CT molecular complexity index is 591. The molecular weight excluding hydrogens is 340 g/mol. The van der Waals surface area contributed by atoms with Crippen LogP contribution < -0.4 is 10.6 Å². The van der Waals surface area contributed by atoms with Crippen LogP contribution in [0.1, 0.15) is 56.9 Å². The van der Waals surface area contributed by atoms with Gasteiger partial charge in [0, 0.05) is 31.5 Å². The minimum absolute atomic E-state index is 0.168. The van der Waals surface area contributed by atoms with Crippen LogP contribution in [0.25, 0.3) is 0 Å². The molecular formula is C21H32N4O2. The Morgan fingerprint density at radius 2 is 1.78 bits per heavy atom. The first-order valence-corrected chi connectivity index (χ1v) is 10.4. The highest BCUT2D eigenvalue weighted by molar-refractivity contribution is 6.35. The Morgan fingerprint density at radius 3 is 2.44 bits per heavy atom. The molecule has 0 bridgehead atoms. The summed E-state index contributed by atoms with van der Waals surface area (Å²) in [5.41, 5.74) is 1.24. The Hall–Kier alpha value is -1.95. The van der Waals surface area contributed by atoms with Crippen molar-refractivity contribution in [3.63, 3.8) is 0 Å². The van der Waals surface area contributed by atoms with E-state index < -0.39 is 11.8 Å². The molecule has 0 spiro atoms. The van der Waals surface area contributed by atoms with Gasteiger partial charge in [0.2, 0.25) is 0 Å². The highest BCUT2D eigenvalue weighted by Crippen LogP contribution is 2.19. The number of hydrogen-bond donors (Lipinski definition) is 2. The van der Waals surface area contributed by atoms with E-state index in [-0.39, 0.29) is 6.04 Å². The maximum absolute atomic E-state index is 12.1. The molecule has 1 saturated carbocycles. The smallest absolute Gasteiger partial charge is 0.309 e. The second-order valence-corrected chi connectivity index (χ2v) is 7.95. The number of nitrogens with zero attached hydrogens (tertiary/aromatic N) is 2. The summed E-state index contributed by atoms with van der Waals surface area (Å²) >= 11 is 0. The lowest BCUT2D eigenvalue weighted by Gasteiger charge is -2.31. The molecule has 1 aromatic rings. The van der Waals surface area contributed by atoms with E-state index in [0.717, 1.165) is 58.2 Å². The summed E-state index contributed by atoms with van der Waals surface area (Å²) in [5.74, 6) is -0.488. The maximum Gasteiger partial charge on any atom is 0.309 e. The van der Waals surface area contributed by atoms with Gasteiger partial charge < -0.3 is 10.6 Å². The van der Waals surface area contributed by atoms with Gasteiger partial charge in [0.1, 0.15) is 0 Å². The van der Waals surface area contributed by atoms with E-state index in [1.165, 1.54) is 18.4 Å². The molecule has 3 rings (SSSR count). The molecule has 2 amide bonds. The van der Waals surface area contributed by atoms with E-state index in [4.69, 9.17) is 0 Å². The number of carbonyl (C=O) groups excluding carboxylic acids is 2. The molecule has 27 heavy (non-hydrogen) atoms. The molecule has 6 heteroatoms. The van der Waals surface area contributed by atoms with E-state index in [1.807, 2.05) is 12.3 Å². The molecule has 1 saturated heterocycles. The lowest BCUT2D eigenvalue weighted by molar-refractivity contribution is -0.139. The van der Waals surface area contributed by atoms with Gasteiger partial charge in [0.25, 0.3) is 0 Å². The van der Waals surface area contributed by atoms with Crippen LogP contribution in [0.3, 0.4) is 0 Å². The van der Waals surface area contributed by atoms with E-state index in [0.29, 0.717) is 12.5 Å². The van der Waals surface area contributed by atoms with Gasteiger partial charge in [-0.15, -0.1) is 0 Å². The fourth-order valence-corrected chi connectivity index (χ4v) is 4.09. The van der Waals surface area contributed by atoms with Crippen molar-refractivity contribution in [3.8, 4) is 0 Å². The summed E-state index contributed by atoms with van der Waals surface area (Å²) in [5, 5.41) is 5.76. The quantitative estimate of drug-likeness (QED) is 0.614. The van der Waals surface area contributed by atoms with E-state index >= 15 is 0 Å². The zero-order valence-corrected chi connectivity index (χ0v) is 16.2. The van der Waals surface area contributed by atoms with Gasteiger partial charge in [-0.25, -0.2) is 0 Å². The zero-order chi connectivity index (χ0) is 18.9. The van der Waals surface area contributed by atoms with Crippen LogP contribution in [0.4, 0.5) is 0 Å². The second kappa shape index (κ2) is 10.4. The highest BCUT2D eigenvalue weighted by Gasteiger charge is 2.23. The predicted octanol–water partition coefficient (Wildman–Crippen LogP) is 2.25.